The summed E-state index contributed by atoms with van der Waals surface area (Å²) < 4.78 is 0. The number of carbonyl (C=O) groups excluding carboxylic acids is 1. The fourth-order valence-electron chi connectivity index (χ4n) is 1.00. The first kappa shape index (κ1) is 9.19. The van der Waals surface area contributed by atoms with Gasteiger partial charge < -0.3 is 5.73 Å². The van der Waals surface area contributed by atoms with Crippen LogP contribution in [0.25, 0.3) is 0 Å². The van der Waals surface area contributed by atoms with E-state index in [1.807, 2.05) is 6.92 Å². The highest BCUT2D eigenvalue weighted by atomic mass is 32.1. The van der Waals surface area contributed by atoms with Gasteiger partial charge in [-0.1, -0.05) is 6.92 Å². The van der Waals surface area contributed by atoms with Crippen molar-refractivity contribution in [2.24, 2.45) is 5.73 Å². The number of amides is 1. The molecule has 0 spiro atoms. The summed E-state index contributed by atoms with van der Waals surface area (Å²) in [6.45, 7) is 3.96. The van der Waals surface area contributed by atoms with Gasteiger partial charge in [-0.05, 0) is 19.8 Å². The van der Waals surface area contributed by atoms with E-state index >= 15 is 0 Å². The van der Waals surface area contributed by atoms with Gasteiger partial charge in [0.15, 0.2) is 0 Å². The highest BCUT2D eigenvalue weighted by Gasteiger charge is 2.10. The molecule has 0 saturated heterocycles. The zero-order valence-electron chi connectivity index (χ0n) is 7.26. The molecule has 3 nitrogen and oxygen atoms in total. The highest BCUT2D eigenvalue weighted by Crippen LogP contribution is 2.17. The van der Waals surface area contributed by atoms with Gasteiger partial charge in [-0.2, -0.15) is 0 Å². The lowest BCUT2D eigenvalue weighted by Crippen LogP contribution is -2.12. The van der Waals surface area contributed by atoms with Gasteiger partial charge in [0, 0.05) is 4.88 Å². The predicted octanol–water partition coefficient (Wildman–Crippen LogP) is 1.50. The number of primary amides is 1. The van der Waals surface area contributed by atoms with Gasteiger partial charge in [-0.15, -0.1) is 11.3 Å². The third-order valence-corrected chi connectivity index (χ3v) is 2.57. The molecule has 0 aromatic carbocycles. The first-order valence-corrected chi connectivity index (χ1v) is 4.73. The molecular weight excluding hydrogens is 172 g/mol. The summed E-state index contributed by atoms with van der Waals surface area (Å²) in [5.41, 5.74) is 5.56. The molecule has 0 fully saturated rings. The van der Waals surface area contributed by atoms with Crippen molar-refractivity contribution in [1.82, 2.24) is 4.98 Å². The Morgan fingerprint density at radius 2 is 2.33 bits per heavy atom. The summed E-state index contributed by atoms with van der Waals surface area (Å²) in [6.07, 6.45) is 1.98. The minimum absolute atomic E-state index is 0.425. The number of aryl methyl sites for hydroxylation is 2. The molecule has 0 radical (unpaired) electrons. The second-order valence-corrected chi connectivity index (χ2v) is 3.91. The second-order valence-electron chi connectivity index (χ2n) is 2.63. The molecule has 0 saturated carbocycles. The van der Waals surface area contributed by atoms with Crippen LogP contribution in [0.4, 0.5) is 0 Å². The Morgan fingerprint density at radius 3 is 2.75 bits per heavy atom. The largest absolute Gasteiger partial charge is 0.364 e. The Kier molecular flexibility index (Phi) is 2.81. The molecule has 1 heterocycles. The van der Waals surface area contributed by atoms with Crippen LogP contribution in [0.15, 0.2) is 0 Å². The molecule has 1 amide bonds. The number of carbonyl (C=O) groups is 1. The number of aromatic nitrogens is 1. The summed E-state index contributed by atoms with van der Waals surface area (Å²) in [7, 11) is 0. The first-order chi connectivity index (χ1) is 5.65. The van der Waals surface area contributed by atoms with Gasteiger partial charge in [0.1, 0.15) is 5.69 Å². The van der Waals surface area contributed by atoms with Crippen molar-refractivity contribution in [2.75, 3.05) is 0 Å². The monoisotopic (exact) mass is 184 g/mol. The molecule has 12 heavy (non-hydrogen) atoms. The van der Waals surface area contributed by atoms with Crippen molar-refractivity contribution in [2.45, 2.75) is 26.7 Å². The van der Waals surface area contributed by atoms with Crippen molar-refractivity contribution in [1.29, 1.82) is 0 Å². The first-order valence-electron chi connectivity index (χ1n) is 3.91. The minimum atomic E-state index is -0.425. The van der Waals surface area contributed by atoms with Crippen LogP contribution in [-0.4, -0.2) is 10.9 Å². The third kappa shape index (κ3) is 1.82. The number of nitrogens with zero attached hydrogens (tertiary/aromatic N) is 1. The molecular formula is C8H12N2OS. The average Bonchev–Trinajstić information content (AvgIpc) is 2.32. The zero-order chi connectivity index (χ0) is 9.14. The van der Waals surface area contributed by atoms with E-state index in [1.54, 1.807) is 11.3 Å². The van der Waals surface area contributed by atoms with Crippen LogP contribution in [0.5, 0.6) is 0 Å². The summed E-state index contributed by atoms with van der Waals surface area (Å²) in [4.78, 5) is 15.9. The zero-order valence-corrected chi connectivity index (χ0v) is 8.07. The minimum Gasteiger partial charge on any atom is -0.364 e. The van der Waals surface area contributed by atoms with E-state index in [9.17, 15) is 4.79 Å². The lowest BCUT2D eigenvalue weighted by Gasteiger charge is -1.87. The number of rotatable bonds is 3. The standard InChI is InChI=1S/C8H12N2OS/c1-3-4-6-10-7(8(9)11)5(2)12-6/h3-4H2,1-2H3,(H2,9,11). The van der Waals surface area contributed by atoms with Crippen molar-refractivity contribution in [3.63, 3.8) is 0 Å². The molecule has 1 rings (SSSR count). The van der Waals surface area contributed by atoms with Gasteiger partial charge in [-0.25, -0.2) is 4.98 Å². The van der Waals surface area contributed by atoms with Crippen molar-refractivity contribution >= 4 is 17.2 Å². The molecule has 0 aliphatic rings. The van der Waals surface area contributed by atoms with Crippen molar-refractivity contribution < 1.29 is 4.79 Å². The van der Waals surface area contributed by atoms with Gasteiger partial charge in [-0.3, -0.25) is 4.79 Å². The maximum atomic E-state index is 10.8. The van der Waals surface area contributed by atoms with E-state index in [4.69, 9.17) is 5.73 Å². The van der Waals surface area contributed by atoms with Crippen LogP contribution in [0.1, 0.15) is 33.7 Å². The Morgan fingerprint density at radius 1 is 1.67 bits per heavy atom. The van der Waals surface area contributed by atoms with Crippen LogP contribution in [0.2, 0.25) is 0 Å². The number of hydrogen-bond acceptors (Lipinski definition) is 3. The average molecular weight is 184 g/mol. The molecule has 0 atom stereocenters. The van der Waals surface area contributed by atoms with Gasteiger partial charge in [0.25, 0.3) is 5.91 Å². The van der Waals surface area contributed by atoms with E-state index in [2.05, 4.69) is 11.9 Å². The molecule has 2 N–H and O–H groups in total. The van der Waals surface area contributed by atoms with Gasteiger partial charge in [0.2, 0.25) is 0 Å². The maximum Gasteiger partial charge on any atom is 0.268 e. The lowest BCUT2D eigenvalue weighted by molar-refractivity contribution is 0.0995. The molecule has 0 aliphatic heterocycles. The van der Waals surface area contributed by atoms with Crippen LogP contribution in [0.3, 0.4) is 0 Å². The molecule has 66 valence electrons. The van der Waals surface area contributed by atoms with Crippen LogP contribution < -0.4 is 5.73 Å². The van der Waals surface area contributed by atoms with Crippen molar-refractivity contribution in [3.8, 4) is 0 Å². The van der Waals surface area contributed by atoms with E-state index in [-0.39, 0.29) is 0 Å². The van der Waals surface area contributed by atoms with Gasteiger partial charge in [0.05, 0.1) is 5.01 Å². The molecule has 4 heteroatoms. The van der Waals surface area contributed by atoms with Crippen LogP contribution in [-0.2, 0) is 6.42 Å². The van der Waals surface area contributed by atoms with E-state index in [0.717, 1.165) is 22.7 Å². The molecule has 0 aliphatic carbocycles. The van der Waals surface area contributed by atoms with Gasteiger partial charge >= 0.3 is 0 Å². The second kappa shape index (κ2) is 3.67. The topological polar surface area (TPSA) is 56.0 Å². The van der Waals surface area contributed by atoms with E-state index in [1.165, 1.54) is 0 Å². The number of hydrogen-bond donors (Lipinski definition) is 1. The SMILES string of the molecule is CCCc1nc(C(N)=O)c(C)s1. The highest BCUT2D eigenvalue weighted by molar-refractivity contribution is 7.11. The smallest absolute Gasteiger partial charge is 0.268 e. The normalized spacial score (nSPS) is 10.2. The van der Waals surface area contributed by atoms with Crippen LogP contribution in [0, 0.1) is 6.92 Å². The van der Waals surface area contributed by atoms with Crippen LogP contribution >= 0.6 is 11.3 Å². The lowest BCUT2D eigenvalue weighted by atomic mass is 10.3. The number of thiazole rings is 1. The summed E-state index contributed by atoms with van der Waals surface area (Å²) in [5, 5.41) is 1.00. The Balaban J connectivity index is 2.92. The number of nitrogens with two attached hydrogens (primary N) is 1. The molecule has 1 aromatic heterocycles. The van der Waals surface area contributed by atoms with Crippen molar-refractivity contribution in [3.05, 3.63) is 15.6 Å². The predicted molar refractivity (Wildman–Crippen MR) is 49.4 cm³/mol. The molecule has 1 aromatic rings. The van der Waals surface area contributed by atoms with E-state index in [0.29, 0.717) is 5.69 Å². The summed E-state index contributed by atoms with van der Waals surface area (Å²) in [5.74, 6) is -0.425. The Hall–Kier alpha value is -0.900. The molecule has 0 unspecified atom stereocenters. The maximum absolute atomic E-state index is 10.8. The Labute approximate surface area is 75.6 Å². The Bertz CT molecular complexity index is 293. The fourth-order valence-corrected chi connectivity index (χ4v) is 2.04. The third-order valence-electron chi connectivity index (χ3n) is 1.54. The summed E-state index contributed by atoms with van der Waals surface area (Å²) >= 11 is 1.56. The van der Waals surface area contributed by atoms with E-state index < -0.39 is 5.91 Å². The molecule has 0 bridgehead atoms. The summed E-state index contributed by atoms with van der Waals surface area (Å²) in [6, 6.07) is 0. The fraction of sp³-hybridized carbons (Fsp3) is 0.500. The quantitative estimate of drug-likeness (QED) is 0.774.